The van der Waals surface area contributed by atoms with E-state index in [1.165, 1.54) is 59.1 Å². The van der Waals surface area contributed by atoms with E-state index in [1.807, 2.05) is 17.4 Å². The van der Waals surface area contributed by atoms with Gasteiger partial charge in [-0.05, 0) is 86.1 Å². The molecule has 3 heteroatoms. The maximum Gasteiger partial charge on any atom is 0.0682 e. The van der Waals surface area contributed by atoms with Crippen LogP contribution in [0.1, 0.15) is 38.5 Å². The van der Waals surface area contributed by atoms with E-state index in [0.29, 0.717) is 0 Å². The first-order valence-electron chi connectivity index (χ1n) is 10.5. The monoisotopic (exact) mass is 405 g/mol. The largest absolute Gasteiger partial charge is 0.278 e. The Morgan fingerprint density at radius 1 is 0.857 bits per heavy atom. The summed E-state index contributed by atoms with van der Waals surface area (Å²) in [5.74, 6) is 2.72. The zero-order valence-electron chi connectivity index (χ0n) is 15.9. The molecule has 0 unspecified atom stereocenters. The number of halogens is 1. The maximum absolute atomic E-state index is 6.39. The molecule has 0 saturated heterocycles. The second-order valence-corrected chi connectivity index (χ2v) is 10.8. The molecule has 28 heavy (non-hydrogen) atoms. The van der Waals surface area contributed by atoms with Crippen molar-refractivity contribution in [2.45, 2.75) is 44.1 Å². The summed E-state index contributed by atoms with van der Waals surface area (Å²) in [5.41, 5.74) is 1.44. The Labute approximate surface area is 175 Å². The third-order valence-corrected chi connectivity index (χ3v) is 8.51. The predicted octanol–water partition coefficient (Wildman–Crippen LogP) is 7.09. The first kappa shape index (κ1) is 17.2. The van der Waals surface area contributed by atoms with Crippen LogP contribution in [0.2, 0.25) is 5.02 Å². The van der Waals surface area contributed by atoms with E-state index in [-0.39, 0.29) is 5.54 Å². The van der Waals surface area contributed by atoms with Crippen molar-refractivity contribution in [3.63, 3.8) is 0 Å². The Morgan fingerprint density at radius 2 is 1.54 bits per heavy atom. The molecule has 0 radical (unpaired) electrons. The lowest BCUT2D eigenvalue weighted by Gasteiger charge is -2.55. The van der Waals surface area contributed by atoms with Gasteiger partial charge in [0.1, 0.15) is 0 Å². The summed E-state index contributed by atoms with van der Waals surface area (Å²) in [4.78, 5) is 6.84. The summed E-state index contributed by atoms with van der Waals surface area (Å²) in [7, 11) is 0. The van der Waals surface area contributed by atoms with Crippen molar-refractivity contribution in [2.75, 3.05) is 0 Å². The molecule has 4 aliphatic carbocycles. The summed E-state index contributed by atoms with van der Waals surface area (Å²) < 4.78 is 1.27. The van der Waals surface area contributed by atoms with E-state index >= 15 is 0 Å². The van der Waals surface area contributed by atoms with Gasteiger partial charge in [-0.25, -0.2) is 0 Å². The van der Waals surface area contributed by atoms with Gasteiger partial charge < -0.3 is 0 Å². The fourth-order valence-electron chi connectivity index (χ4n) is 6.44. The Bertz CT molecular complexity index is 1080. The molecule has 4 fully saturated rings. The number of hydrogen-bond donors (Lipinski definition) is 0. The van der Waals surface area contributed by atoms with Gasteiger partial charge in [-0.15, -0.1) is 11.3 Å². The molecular weight excluding hydrogens is 382 g/mol. The van der Waals surface area contributed by atoms with Crippen molar-refractivity contribution < 1.29 is 0 Å². The van der Waals surface area contributed by atoms with Crippen LogP contribution in [-0.2, 0) is 0 Å². The zero-order chi connectivity index (χ0) is 18.7. The van der Waals surface area contributed by atoms with Crippen LogP contribution in [0.4, 0.5) is 0 Å². The minimum absolute atomic E-state index is 0.171. The van der Waals surface area contributed by atoms with Crippen LogP contribution in [0.15, 0.2) is 59.6 Å². The maximum atomic E-state index is 6.39. The average molecular weight is 406 g/mol. The Hall–Kier alpha value is -1.64. The molecule has 1 heterocycles. The normalized spacial score (nSPS) is 31.6. The first-order chi connectivity index (χ1) is 13.7. The van der Waals surface area contributed by atoms with Gasteiger partial charge in [0.2, 0.25) is 0 Å². The van der Waals surface area contributed by atoms with Gasteiger partial charge in [-0.3, -0.25) is 4.99 Å². The van der Waals surface area contributed by atoms with E-state index in [0.717, 1.165) is 28.1 Å². The molecule has 4 bridgehead atoms. The highest BCUT2D eigenvalue weighted by atomic mass is 35.5. The van der Waals surface area contributed by atoms with Crippen LogP contribution < -0.4 is 5.36 Å². The van der Waals surface area contributed by atoms with E-state index in [9.17, 15) is 0 Å². The molecule has 7 rings (SSSR count). The molecule has 0 spiro atoms. The third-order valence-electron chi connectivity index (χ3n) is 7.13. The van der Waals surface area contributed by atoms with Crippen molar-refractivity contribution >= 4 is 33.0 Å². The van der Waals surface area contributed by atoms with E-state index in [2.05, 4.69) is 48.5 Å². The van der Waals surface area contributed by atoms with Crippen LogP contribution in [0.5, 0.6) is 0 Å². The second-order valence-electron chi connectivity index (χ2n) is 9.26. The second kappa shape index (κ2) is 6.43. The van der Waals surface area contributed by atoms with Gasteiger partial charge in [-0.1, -0.05) is 41.9 Å². The lowest BCUT2D eigenvalue weighted by atomic mass is 9.53. The molecule has 1 aromatic heterocycles. The fraction of sp³-hybridized carbons (Fsp3) is 0.400. The van der Waals surface area contributed by atoms with Crippen LogP contribution >= 0.6 is 22.9 Å². The van der Waals surface area contributed by atoms with Crippen LogP contribution in [0.3, 0.4) is 0 Å². The minimum atomic E-state index is 0.171. The van der Waals surface area contributed by atoms with Crippen molar-refractivity contribution in [1.82, 2.24) is 0 Å². The van der Waals surface area contributed by atoms with Crippen LogP contribution in [-0.4, -0.2) is 5.54 Å². The van der Waals surface area contributed by atoms with Gasteiger partial charge in [0.05, 0.1) is 10.9 Å². The quantitative estimate of drug-likeness (QED) is 0.431. The van der Waals surface area contributed by atoms with Crippen LogP contribution in [0.25, 0.3) is 20.5 Å². The number of rotatable bonds is 2. The molecule has 0 aliphatic heterocycles. The Kier molecular flexibility index (Phi) is 3.96. The topological polar surface area (TPSA) is 12.4 Å². The van der Waals surface area contributed by atoms with E-state index in [1.54, 1.807) is 0 Å². The molecule has 1 nitrogen and oxygen atoms in total. The molecule has 142 valence electrons. The standard InChI is InChI=1S/C25H24ClNS/c26-20-6-7-23-21(11-20)22(12-24(28-23)19-4-2-1-3-5-19)27-25-13-16-8-17(14-25)10-18(9-16)15-25/h1-7,11-12,16-18H,8-10,13-15H2. The van der Waals surface area contributed by atoms with Gasteiger partial charge in [0.25, 0.3) is 0 Å². The SMILES string of the molecule is Clc1ccc2sc(-c3ccccc3)cc(=NC34CC5CC(CC(C5)C3)C4)c2c1. The summed E-state index contributed by atoms with van der Waals surface area (Å²) in [5, 5.41) is 3.17. The zero-order valence-corrected chi connectivity index (χ0v) is 17.5. The molecule has 4 aliphatic rings. The Balaban J connectivity index is 1.57. The minimum Gasteiger partial charge on any atom is -0.278 e. The Morgan fingerprint density at radius 3 is 2.21 bits per heavy atom. The third kappa shape index (κ3) is 2.93. The van der Waals surface area contributed by atoms with E-state index < -0.39 is 0 Å². The lowest BCUT2D eigenvalue weighted by Crippen LogP contribution is -2.50. The molecule has 0 amide bonds. The summed E-state index contributed by atoms with van der Waals surface area (Å²) in [6.45, 7) is 0. The molecular formula is C25H24ClNS. The highest BCUT2D eigenvalue weighted by molar-refractivity contribution is 7.21. The van der Waals surface area contributed by atoms with Gasteiger partial charge in [0, 0.05) is 20.0 Å². The number of fused-ring (bicyclic) bond motifs is 1. The molecule has 3 aromatic rings. The van der Waals surface area contributed by atoms with Gasteiger partial charge >= 0.3 is 0 Å². The van der Waals surface area contributed by atoms with Crippen LogP contribution in [0, 0.1) is 17.8 Å². The van der Waals surface area contributed by atoms with E-state index in [4.69, 9.17) is 16.6 Å². The number of hydrogen-bond acceptors (Lipinski definition) is 2. The van der Waals surface area contributed by atoms with Crippen molar-refractivity contribution in [2.24, 2.45) is 22.7 Å². The smallest absolute Gasteiger partial charge is 0.0682 e. The van der Waals surface area contributed by atoms with Crippen molar-refractivity contribution in [3.8, 4) is 10.4 Å². The number of nitrogens with zero attached hydrogens (tertiary/aromatic N) is 1. The summed E-state index contributed by atoms with van der Waals surface area (Å²) in [6.07, 6.45) is 8.23. The van der Waals surface area contributed by atoms with Gasteiger partial charge in [0.15, 0.2) is 0 Å². The van der Waals surface area contributed by atoms with Gasteiger partial charge in [-0.2, -0.15) is 0 Å². The molecule has 4 saturated carbocycles. The highest BCUT2D eigenvalue weighted by Gasteiger charge is 2.50. The van der Waals surface area contributed by atoms with Crippen molar-refractivity contribution in [1.29, 1.82) is 0 Å². The fourth-order valence-corrected chi connectivity index (χ4v) is 7.68. The first-order valence-corrected chi connectivity index (χ1v) is 11.7. The summed E-state index contributed by atoms with van der Waals surface area (Å²) in [6, 6.07) is 19.3. The summed E-state index contributed by atoms with van der Waals surface area (Å²) >= 11 is 8.22. The molecule has 0 atom stereocenters. The molecule has 0 N–H and O–H groups in total. The lowest BCUT2D eigenvalue weighted by molar-refractivity contribution is -0.0000766. The highest BCUT2D eigenvalue weighted by Crippen LogP contribution is 2.57. The van der Waals surface area contributed by atoms with Crippen molar-refractivity contribution in [3.05, 3.63) is 65.0 Å². The molecule has 2 aromatic carbocycles. The predicted molar refractivity (Wildman–Crippen MR) is 119 cm³/mol. The average Bonchev–Trinajstić information content (AvgIpc) is 2.67. The number of benzene rings is 2.